The molecule has 4 nitrogen and oxygen atoms in total. The van der Waals surface area contributed by atoms with Crippen LogP contribution in [0.4, 0.5) is 4.79 Å². The first-order valence-corrected chi connectivity index (χ1v) is 8.41. The molecule has 2 unspecified atom stereocenters. The molecule has 2 aliphatic rings. The number of amides is 2. The number of aliphatic hydroxyl groups excluding tert-OH is 1. The summed E-state index contributed by atoms with van der Waals surface area (Å²) in [7, 11) is 0. The SMILES string of the molecule is CC(O)C1CCN(C(=O)NCCC2Cc3ccccc3C2)C1. The van der Waals surface area contributed by atoms with Gasteiger partial charge in [0.1, 0.15) is 0 Å². The lowest BCUT2D eigenvalue weighted by Crippen LogP contribution is -2.39. The summed E-state index contributed by atoms with van der Waals surface area (Å²) in [6, 6.07) is 8.67. The van der Waals surface area contributed by atoms with Crippen LogP contribution in [0.3, 0.4) is 0 Å². The molecule has 0 aromatic heterocycles. The number of aliphatic hydroxyl groups is 1. The van der Waals surface area contributed by atoms with Crippen molar-refractivity contribution in [3.05, 3.63) is 35.4 Å². The van der Waals surface area contributed by atoms with Crippen molar-refractivity contribution in [3.63, 3.8) is 0 Å². The van der Waals surface area contributed by atoms with Crippen molar-refractivity contribution in [2.75, 3.05) is 19.6 Å². The lowest BCUT2D eigenvalue weighted by atomic mass is 10.0. The summed E-state index contributed by atoms with van der Waals surface area (Å²) in [6.07, 6.45) is 3.89. The van der Waals surface area contributed by atoms with Gasteiger partial charge in [0.2, 0.25) is 0 Å². The Morgan fingerprint density at radius 1 is 1.36 bits per heavy atom. The maximum Gasteiger partial charge on any atom is 0.317 e. The third-order valence-electron chi connectivity index (χ3n) is 5.16. The van der Waals surface area contributed by atoms with E-state index in [0.29, 0.717) is 12.5 Å². The van der Waals surface area contributed by atoms with Crippen LogP contribution in [-0.2, 0) is 12.8 Å². The zero-order valence-electron chi connectivity index (χ0n) is 13.3. The van der Waals surface area contributed by atoms with Crippen LogP contribution in [0.25, 0.3) is 0 Å². The van der Waals surface area contributed by atoms with E-state index >= 15 is 0 Å². The highest BCUT2D eigenvalue weighted by Crippen LogP contribution is 2.28. The molecule has 0 spiro atoms. The molecule has 2 N–H and O–H groups in total. The van der Waals surface area contributed by atoms with Crippen molar-refractivity contribution in [1.29, 1.82) is 0 Å². The third kappa shape index (κ3) is 3.43. The summed E-state index contributed by atoms with van der Waals surface area (Å²) in [5.41, 5.74) is 2.94. The summed E-state index contributed by atoms with van der Waals surface area (Å²) >= 11 is 0. The number of carbonyl (C=O) groups is 1. The number of carbonyl (C=O) groups excluding carboxylic acids is 1. The highest BCUT2D eigenvalue weighted by molar-refractivity contribution is 5.74. The molecule has 1 aliphatic carbocycles. The summed E-state index contributed by atoms with van der Waals surface area (Å²) in [5.74, 6) is 0.886. The van der Waals surface area contributed by atoms with E-state index in [-0.39, 0.29) is 18.1 Å². The van der Waals surface area contributed by atoms with E-state index in [1.807, 2.05) is 11.8 Å². The summed E-state index contributed by atoms with van der Waals surface area (Å²) in [6.45, 7) is 3.99. The highest BCUT2D eigenvalue weighted by Gasteiger charge is 2.29. The molecule has 1 heterocycles. The molecule has 120 valence electrons. The van der Waals surface area contributed by atoms with E-state index in [2.05, 4.69) is 29.6 Å². The number of nitrogens with one attached hydrogen (secondary N) is 1. The van der Waals surface area contributed by atoms with E-state index in [9.17, 15) is 9.90 Å². The molecule has 2 amide bonds. The van der Waals surface area contributed by atoms with Crippen molar-refractivity contribution in [2.24, 2.45) is 11.8 Å². The average molecular weight is 302 g/mol. The predicted molar refractivity (Wildman–Crippen MR) is 86.7 cm³/mol. The van der Waals surface area contributed by atoms with Crippen molar-refractivity contribution in [1.82, 2.24) is 10.2 Å². The smallest absolute Gasteiger partial charge is 0.317 e. The number of hydrogen-bond acceptors (Lipinski definition) is 2. The first-order chi connectivity index (χ1) is 10.6. The van der Waals surface area contributed by atoms with Gasteiger partial charge in [-0.3, -0.25) is 0 Å². The number of likely N-dealkylation sites (tertiary alicyclic amines) is 1. The van der Waals surface area contributed by atoms with Crippen LogP contribution >= 0.6 is 0 Å². The topological polar surface area (TPSA) is 52.6 Å². The molecule has 4 heteroatoms. The lowest BCUT2D eigenvalue weighted by Gasteiger charge is -2.19. The fourth-order valence-electron chi connectivity index (χ4n) is 3.71. The van der Waals surface area contributed by atoms with Crippen LogP contribution in [0, 0.1) is 11.8 Å². The maximum absolute atomic E-state index is 12.1. The average Bonchev–Trinajstić information content (AvgIpc) is 3.13. The van der Waals surface area contributed by atoms with Crippen LogP contribution in [0.2, 0.25) is 0 Å². The Morgan fingerprint density at radius 2 is 2.05 bits per heavy atom. The molecule has 0 radical (unpaired) electrons. The molecule has 1 aromatic carbocycles. The minimum Gasteiger partial charge on any atom is -0.393 e. The minimum absolute atomic E-state index is 0.0265. The van der Waals surface area contributed by atoms with E-state index in [1.165, 1.54) is 11.1 Å². The second kappa shape index (κ2) is 6.69. The van der Waals surface area contributed by atoms with Gasteiger partial charge in [0.05, 0.1) is 6.10 Å². The van der Waals surface area contributed by atoms with Gasteiger partial charge in [-0.05, 0) is 49.7 Å². The standard InChI is InChI=1S/C18H26N2O2/c1-13(21)17-7-9-20(12-17)18(22)19-8-6-14-10-15-4-2-3-5-16(15)11-14/h2-5,13-14,17,21H,6-12H2,1H3,(H,19,22). The normalized spacial score (nSPS) is 22.6. The molecule has 3 rings (SSSR count). The van der Waals surface area contributed by atoms with Gasteiger partial charge in [0, 0.05) is 25.6 Å². The Morgan fingerprint density at radius 3 is 2.64 bits per heavy atom. The number of rotatable bonds is 4. The van der Waals surface area contributed by atoms with E-state index in [0.717, 1.165) is 38.8 Å². The van der Waals surface area contributed by atoms with Gasteiger partial charge < -0.3 is 15.3 Å². The Kier molecular flexibility index (Phi) is 4.67. The van der Waals surface area contributed by atoms with Crippen LogP contribution in [0.1, 0.15) is 30.9 Å². The molecule has 1 aromatic rings. The molecular formula is C18H26N2O2. The largest absolute Gasteiger partial charge is 0.393 e. The van der Waals surface area contributed by atoms with Crippen LogP contribution in [0.15, 0.2) is 24.3 Å². The van der Waals surface area contributed by atoms with Crippen molar-refractivity contribution >= 4 is 6.03 Å². The van der Waals surface area contributed by atoms with Crippen LogP contribution in [-0.4, -0.2) is 41.8 Å². The predicted octanol–water partition coefficient (Wildman–Crippen LogP) is 2.20. The fourth-order valence-corrected chi connectivity index (χ4v) is 3.71. The van der Waals surface area contributed by atoms with Gasteiger partial charge in [-0.1, -0.05) is 24.3 Å². The first kappa shape index (κ1) is 15.3. The summed E-state index contributed by atoms with van der Waals surface area (Å²) in [5, 5.41) is 12.6. The van der Waals surface area contributed by atoms with Crippen LogP contribution in [0.5, 0.6) is 0 Å². The number of benzene rings is 1. The van der Waals surface area contributed by atoms with E-state index in [1.54, 1.807) is 0 Å². The molecule has 22 heavy (non-hydrogen) atoms. The van der Waals surface area contributed by atoms with E-state index in [4.69, 9.17) is 0 Å². The number of hydrogen-bond donors (Lipinski definition) is 2. The molecule has 0 saturated carbocycles. The number of nitrogens with zero attached hydrogens (tertiary/aromatic N) is 1. The number of fused-ring (bicyclic) bond motifs is 1. The van der Waals surface area contributed by atoms with Gasteiger partial charge in [-0.25, -0.2) is 4.79 Å². The summed E-state index contributed by atoms with van der Waals surface area (Å²) < 4.78 is 0. The molecular weight excluding hydrogens is 276 g/mol. The quantitative estimate of drug-likeness (QED) is 0.896. The maximum atomic E-state index is 12.1. The molecule has 1 saturated heterocycles. The second-order valence-corrected chi connectivity index (χ2v) is 6.80. The minimum atomic E-state index is -0.324. The first-order valence-electron chi connectivity index (χ1n) is 8.41. The molecule has 0 bridgehead atoms. The number of urea groups is 1. The molecule has 1 fully saturated rings. The zero-order valence-corrected chi connectivity index (χ0v) is 13.3. The molecule has 1 aliphatic heterocycles. The fraction of sp³-hybridized carbons (Fsp3) is 0.611. The van der Waals surface area contributed by atoms with Gasteiger partial charge in [-0.2, -0.15) is 0 Å². The summed E-state index contributed by atoms with van der Waals surface area (Å²) in [4.78, 5) is 14.0. The zero-order chi connectivity index (χ0) is 15.5. The van der Waals surface area contributed by atoms with E-state index < -0.39 is 0 Å². The monoisotopic (exact) mass is 302 g/mol. The van der Waals surface area contributed by atoms with Crippen LogP contribution < -0.4 is 5.32 Å². The lowest BCUT2D eigenvalue weighted by molar-refractivity contribution is 0.129. The van der Waals surface area contributed by atoms with Gasteiger partial charge in [-0.15, -0.1) is 0 Å². The van der Waals surface area contributed by atoms with Crippen molar-refractivity contribution in [2.45, 2.75) is 38.7 Å². The Labute approximate surface area is 132 Å². The molecule has 2 atom stereocenters. The Hall–Kier alpha value is -1.55. The van der Waals surface area contributed by atoms with Gasteiger partial charge in [0.15, 0.2) is 0 Å². The van der Waals surface area contributed by atoms with Gasteiger partial charge >= 0.3 is 6.03 Å². The highest BCUT2D eigenvalue weighted by atomic mass is 16.3. The van der Waals surface area contributed by atoms with Gasteiger partial charge in [0.25, 0.3) is 0 Å². The van der Waals surface area contributed by atoms with Crippen molar-refractivity contribution < 1.29 is 9.90 Å². The Balaban J connectivity index is 1.38. The second-order valence-electron chi connectivity index (χ2n) is 6.80. The van der Waals surface area contributed by atoms with Crippen molar-refractivity contribution in [3.8, 4) is 0 Å². The Bertz CT molecular complexity index is 505. The third-order valence-corrected chi connectivity index (χ3v) is 5.16.